The van der Waals surface area contributed by atoms with Crippen molar-refractivity contribution in [3.05, 3.63) is 27.7 Å². The Bertz CT molecular complexity index is 391. The minimum absolute atomic E-state index is 0.291. The Morgan fingerprint density at radius 2 is 2.18 bits per heavy atom. The molecule has 0 bridgehead atoms. The highest BCUT2D eigenvalue weighted by molar-refractivity contribution is 9.10. The van der Waals surface area contributed by atoms with E-state index in [4.69, 9.17) is 9.47 Å². The van der Waals surface area contributed by atoms with Gasteiger partial charge in [-0.1, -0.05) is 15.9 Å². The fraction of sp³-hybridized carbons (Fsp3) is 0.538. The molecule has 3 nitrogen and oxygen atoms in total. The van der Waals surface area contributed by atoms with Crippen LogP contribution >= 0.6 is 15.9 Å². The number of nitrogens with one attached hydrogen (secondary N) is 1. The average molecular weight is 300 g/mol. The van der Waals surface area contributed by atoms with Crippen molar-refractivity contribution < 1.29 is 9.47 Å². The van der Waals surface area contributed by atoms with Gasteiger partial charge in [-0.2, -0.15) is 0 Å². The van der Waals surface area contributed by atoms with Crippen LogP contribution in [0.1, 0.15) is 24.0 Å². The quantitative estimate of drug-likeness (QED) is 0.819. The van der Waals surface area contributed by atoms with Gasteiger partial charge >= 0.3 is 0 Å². The summed E-state index contributed by atoms with van der Waals surface area (Å²) in [4.78, 5) is 0. The summed E-state index contributed by atoms with van der Waals surface area (Å²) in [6.45, 7) is 3.19. The molecule has 1 saturated carbocycles. The molecular weight excluding hydrogens is 282 g/mol. The maximum Gasteiger partial charge on any atom is 0.188 e. The van der Waals surface area contributed by atoms with Gasteiger partial charge in [-0.25, -0.2) is 0 Å². The van der Waals surface area contributed by atoms with E-state index < -0.39 is 0 Å². The third-order valence-electron chi connectivity index (χ3n) is 2.80. The van der Waals surface area contributed by atoms with E-state index in [1.807, 2.05) is 0 Å². The molecule has 1 aromatic rings. The number of rotatable bonds is 6. The number of hydrogen-bond acceptors (Lipinski definition) is 3. The molecule has 0 unspecified atom stereocenters. The highest BCUT2D eigenvalue weighted by Gasteiger charge is 2.21. The third-order valence-corrected chi connectivity index (χ3v) is 3.25. The number of aryl methyl sites for hydroxylation is 1. The summed E-state index contributed by atoms with van der Waals surface area (Å²) in [5.41, 5.74) is 2.31. The van der Waals surface area contributed by atoms with Crippen LogP contribution in [0.2, 0.25) is 0 Å². The van der Waals surface area contributed by atoms with Gasteiger partial charge in [0.2, 0.25) is 0 Å². The van der Waals surface area contributed by atoms with Crippen LogP contribution in [-0.2, 0) is 11.3 Å². The number of benzene rings is 1. The molecule has 17 heavy (non-hydrogen) atoms. The molecule has 1 aliphatic rings. The van der Waals surface area contributed by atoms with E-state index in [0.29, 0.717) is 12.8 Å². The number of methoxy groups -OCH3 is 1. The van der Waals surface area contributed by atoms with Crippen molar-refractivity contribution in [1.82, 2.24) is 5.32 Å². The SMILES string of the molecule is COCOc1c(C)cc(Br)cc1CNC1CC1. The van der Waals surface area contributed by atoms with E-state index in [-0.39, 0.29) is 0 Å². The Hall–Kier alpha value is -0.580. The van der Waals surface area contributed by atoms with Gasteiger partial charge in [0.05, 0.1) is 0 Å². The number of halogens is 1. The van der Waals surface area contributed by atoms with Crippen molar-refractivity contribution in [3.63, 3.8) is 0 Å². The van der Waals surface area contributed by atoms with E-state index in [1.54, 1.807) is 7.11 Å². The molecule has 0 atom stereocenters. The molecule has 2 rings (SSSR count). The standard InChI is InChI=1S/C13H18BrNO2/c1-9-5-11(14)6-10(7-15-12-3-4-12)13(9)17-8-16-2/h5-6,12,15H,3-4,7-8H2,1-2H3. The molecule has 1 aliphatic carbocycles. The Kier molecular flexibility index (Phi) is 4.42. The Balaban J connectivity index is 2.12. The van der Waals surface area contributed by atoms with E-state index in [2.05, 4.69) is 40.3 Å². The first-order valence-electron chi connectivity index (χ1n) is 5.85. The van der Waals surface area contributed by atoms with Crippen LogP contribution in [0.4, 0.5) is 0 Å². The van der Waals surface area contributed by atoms with Crippen LogP contribution in [0.15, 0.2) is 16.6 Å². The van der Waals surface area contributed by atoms with E-state index in [1.165, 1.54) is 18.4 Å². The first-order chi connectivity index (χ1) is 8.20. The second kappa shape index (κ2) is 5.85. The van der Waals surface area contributed by atoms with Gasteiger partial charge in [-0.15, -0.1) is 0 Å². The second-order valence-electron chi connectivity index (χ2n) is 4.42. The maximum absolute atomic E-state index is 5.64. The van der Waals surface area contributed by atoms with Crippen molar-refractivity contribution in [3.8, 4) is 5.75 Å². The van der Waals surface area contributed by atoms with Crippen molar-refractivity contribution in [1.29, 1.82) is 0 Å². The zero-order valence-corrected chi connectivity index (χ0v) is 11.8. The number of hydrogen-bond donors (Lipinski definition) is 1. The van der Waals surface area contributed by atoms with Crippen LogP contribution in [0, 0.1) is 6.92 Å². The van der Waals surface area contributed by atoms with Gasteiger partial charge in [-0.3, -0.25) is 0 Å². The van der Waals surface area contributed by atoms with Crippen LogP contribution < -0.4 is 10.1 Å². The first kappa shape index (κ1) is 12.9. The van der Waals surface area contributed by atoms with E-state index >= 15 is 0 Å². The smallest absolute Gasteiger partial charge is 0.188 e. The van der Waals surface area contributed by atoms with Gasteiger partial charge < -0.3 is 14.8 Å². The largest absolute Gasteiger partial charge is 0.467 e. The molecule has 4 heteroatoms. The average Bonchev–Trinajstić information content (AvgIpc) is 3.08. The lowest BCUT2D eigenvalue weighted by molar-refractivity contribution is 0.0498. The minimum Gasteiger partial charge on any atom is -0.467 e. The third kappa shape index (κ3) is 3.69. The number of ether oxygens (including phenoxy) is 2. The van der Waals surface area contributed by atoms with Crippen molar-refractivity contribution in [2.75, 3.05) is 13.9 Å². The van der Waals surface area contributed by atoms with Crippen LogP contribution in [0.25, 0.3) is 0 Å². The summed E-state index contributed by atoms with van der Waals surface area (Å²) >= 11 is 3.52. The van der Waals surface area contributed by atoms with Crippen molar-refractivity contribution in [2.24, 2.45) is 0 Å². The Morgan fingerprint density at radius 3 is 2.82 bits per heavy atom. The summed E-state index contributed by atoms with van der Waals surface area (Å²) in [5, 5.41) is 3.50. The zero-order chi connectivity index (χ0) is 12.3. The van der Waals surface area contributed by atoms with Crippen LogP contribution in [0.3, 0.4) is 0 Å². The van der Waals surface area contributed by atoms with E-state index in [9.17, 15) is 0 Å². The summed E-state index contributed by atoms with van der Waals surface area (Å²) in [6, 6.07) is 4.86. The van der Waals surface area contributed by atoms with E-state index in [0.717, 1.165) is 22.3 Å². The van der Waals surface area contributed by atoms with Gasteiger partial charge in [0.15, 0.2) is 6.79 Å². The lowest BCUT2D eigenvalue weighted by Crippen LogP contribution is -2.16. The highest BCUT2D eigenvalue weighted by atomic mass is 79.9. The fourth-order valence-electron chi connectivity index (χ4n) is 1.80. The Morgan fingerprint density at radius 1 is 1.41 bits per heavy atom. The molecule has 0 radical (unpaired) electrons. The molecular formula is C13H18BrNO2. The van der Waals surface area contributed by atoms with Crippen LogP contribution in [-0.4, -0.2) is 19.9 Å². The molecule has 0 saturated heterocycles. The normalized spacial score (nSPS) is 15.0. The lowest BCUT2D eigenvalue weighted by Gasteiger charge is -2.14. The van der Waals surface area contributed by atoms with Crippen molar-refractivity contribution in [2.45, 2.75) is 32.4 Å². The second-order valence-corrected chi connectivity index (χ2v) is 5.33. The molecule has 0 heterocycles. The molecule has 1 N–H and O–H groups in total. The summed E-state index contributed by atoms with van der Waals surface area (Å²) in [7, 11) is 1.64. The molecule has 1 fully saturated rings. The topological polar surface area (TPSA) is 30.5 Å². The predicted molar refractivity (Wildman–Crippen MR) is 71.2 cm³/mol. The molecule has 0 aromatic heterocycles. The van der Waals surface area contributed by atoms with Gasteiger partial charge in [0, 0.05) is 29.7 Å². The fourth-order valence-corrected chi connectivity index (χ4v) is 2.42. The van der Waals surface area contributed by atoms with Gasteiger partial charge in [0.25, 0.3) is 0 Å². The summed E-state index contributed by atoms with van der Waals surface area (Å²) in [5.74, 6) is 0.934. The molecule has 0 aliphatic heterocycles. The summed E-state index contributed by atoms with van der Waals surface area (Å²) in [6.07, 6.45) is 2.59. The predicted octanol–water partition coefficient (Wildman–Crippen LogP) is 2.99. The first-order valence-corrected chi connectivity index (χ1v) is 6.64. The van der Waals surface area contributed by atoms with Crippen LogP contribution in [0.5, 0.6) is 5.75 Å². The molecule has 94 valence electrons. The molecule has 0 amide bonds. The van der Waals surface area contributed by atoms with Gasteiger partial charge in [0.1, 0.15) is 5.75 Å². The highest BCUT2D eigenvalue weighted by Crippen LogP contribution is 2.29. The maximum atomic E-state index is 5.64. The Labute approximate surface area is 111 Å². The monoisotopic (exact) mass is 299 g/mol. The molecule has 0 spiro atoms. The van der Waals surface area contributed by atoms with Crippen molar-refractivity contribution >= 4 is 15.9 Å². The minimum atomic E-state index is 0.291. The molecule has 1 aromatic carbocycles. The van der Waals surface area contributed by atoms with Gasteiger partial charge in [-0.05, 0) is 37.5 Å². The summed E-state index contributed by atoms with van der Waals surface area (Å²) < 4.78 is 11.7. The lowest BCUT2D eigenvalue weighted by atomic mass is 10.1. The zero-order valence-electron chi connectivity index (χ0n) is 10.3.